The van der Waals surface area contributed by atoms with E-state index >= 15 is 0 Å². The fourth-order valence-electron chi connectivity index (χ4n) is 5.08. The summed E-state index contributed by atoms with van der Waals surface area (Å²) in [7, 11) is 0. The summed E-state index contributed by atoms with van der Waals surface area (Å²) >= 11 is 19.0. The highest BCUT2D eigenvalue weighted by atomic mass is 35.5. The van der Waals surface area contributed by atoms with Crippen molar-refractivity contribution in [1.29, 1.82) is 0 Å². The molecule has 0 amide bonds. The van der Waals surface area contributed by atoms with E-state index in [9.17, 15) is 9.59 Å². The van der Waals surface area contributed by atoms with Gasteiger partial charge in [-0.3, -0.25) is 4.79 Å². The topological polar surface area (TPSA) is 73.9 Å². The Bertz CT molecular complexity index is 1590. The number of halogens is 3. The maximum Gasteiger partial charge on any atom is 0.336 e. The second kappa shape index (κ2) is 11.6. The summed E-state index contributed by atoms with van der Waals surface area (Å²) in [5, 5.41) is 4.43. The predicted molar refractivity (Wildman–Crippen MR) is 156 cm³/mol. The van der Waals surface area contributed by atoms with Gasteiger partial charge in [-0.25, -0.2) is 4.79 Å². The quantitative estimate of drug-likeness (QED) is 0.267. The molecule has 0 aromatic heterocycles. The van der Waals surface area contributed by atoms with Crippen molar-refractivity contribution < 1.29 is 23.8 Å². The minimum atomic E-state index is -0.740. The maximum absolute atomic E-state index is 13.7. The number of carbonyl (C=O) groups excluding carboxylic acids is 2. The summed E-state index contributed by atoms with van der Waals surface area (Å²) < 4.78 is 17.4. The van der Waals surface area contributed by atoms with Gasteiger partial charge in [0.2, 0.25) is 0 Å². The van der Waals surface area contributed by atoms with Crippen LogP contribution in [0.15, 0.2) is 71.4 Å². The van der Waals surface area contributed by atoms with Crippen LogP contribution in [0, 0.1) is 0 Å². The number of nitrogens with one attached hydrogen (secondary N) is 1. The molecule has 1 N–H and O–H groups in total. The molecule has 0 saturated carbocycles. The second-order valence-electron chi connectivity index (χ2n) is 9.28. The summed E-state index contributed by atoms with van der Waals surface area (Å²) in [6.07, 6.45) is 0. The first kappa shape index (κ1) is 28.1. The van der Waals surface area contributed by atoms with Crippen LogP contribution in [-0.4, -0.2) is 25.0 Å². The van der Waals surface area contributed by atoms with Gasteiger partial charge in [-0.05, 0) is 56.2 Å². The van der Waals surface area contributed by atoms with Crippen molar-refractivity contribution in [2.24, 2.45) is 0 Å². The van der Waals surface area contributed by atoms with E-state index in [1.54, 1.807) is 44.2 Å². The van der Waals surface area contributed by atoms with Gasteiger partial charge in [-0.2, -0.15) is 0 Å². The van der Waals surface area contributed by atoms with Gasteiger partial charge in [0.25, 0.3) is 0 Å². The molecule has 1 heterocycles. The third-order valence-electron chi connectivity index (χ3n) is 6.78. The second-order valence-corrected chi connectivity index (χ2v) is 10.5. The van der Waals surface area contributed by atoms with E-state index in [4.69, 9.17) is 49.0 Å². The zero-order chi connectivity index (χ0) is 28.6. The molecule has 3 aromatic rings. The number of ether oxygens (including phenoxy) is 3. The first-order chi connectivity index (χ1) is 19.2. The van der Waals surface area contributed by atoms with Crippen molar-refractivity contribution in [3.8, 4) is 11.5 Å². The van der Waals surface area contributed by atoms with Crippen molar-refractivity contribution in [1.82, 2.24) is 5.32 Å². The third-order valence-corrected chi connectivity index (χ3v) is 7.80. The molecule has 3 aromatic carbocycles. The van der Waals surface area contributed by atoms with Crippen molar-refractivity contribution in [2.45, 2.75) is 33.3 Å². The van der Waals surface area contributed by atoms with E-state index in [0.717, 1.165) is 11.1 Å². The Labute approximate surface area is 247 Å². The van der Waals surface area contributed by atoms with Gasteiger partial charge in [0.15, 0.2) is 17.3 Å². The largest absolute Gasteiger partial charge is 0.490 e. The molecule has 0 saturated heterocycles. The smallest absolute Gasteiger partial charge is 0.336 e. The van der Waals surface area contributed by atoms with Crippen LogP contribution in [0.5, 0.6) is 11.5 Å². The molecular formula is C31H26Cl3NO5. The Kier molecular flexibility index (Phi) is 8.13. The van der Waals surface area contributed by atoms with Gasteiger partial charge in [0.1, 0.15) is 6.61 Å². The number of hydrogen-bond acceptors (Lipinski definition) is 6. The molecule has 0 spiro atoms. The fourth-order valence-corrected chi connectivity index (χ4v) is 5.68. The van der Waals surface area contributed by atoms with Crippen LogP contribution in [0.25, 0.3) is 5.70 Å². The first-order valence-corrected chi connectivity index (χ1v) is 13.9. The summed E-state index contributed by atoms with van der Waals surface area (Å²) in [5.74, 6) is -0.695. The lowest BCUT2D eigenvalue weighted by atomic mass is 9.79. The van der Waals surface area contributed by atoms with Gasteiger partial charge in [0.05, 0.1) is 39.6 Å². The lowest BCUT2D eigenvalue weighted by Crippen LogP contribution is -2.29. The molecule has 206 valence electrons. The van der Waals surface area contributed by atoms with Gasteiger partial charge in [0, 0.05) is 28.3 Å². The van der Waals surface area contributed by atoms with E-state index in [-0.39, 0.29) is 24.0 Å². The van der Waals surface area contributed by atoms with Crippen LogP contribution >= 0.6 is 34.8 Å². The maximum atomic E-state index is 13.7. The Morgan fingerprint density at radius 2 is 1.65 bits per heavy atom. The molecule has 0 unspecified atom stereocenters. The first-order valence-electron chi connectivity index (χ1n) is 12.8. The molecule has 6 nitrogen and oxygen atoms in total. The SMILES string of the molecule is CCOC(=O)C1=C(C)NC2=C(C(=O)c3ccccc32)[C@@H]1c1cc(Cl)c(OCc2ccc(Cl)c(Cl)c2)c(OCC)c1. The van der Waals surface area contributed by atoms with E-state index in [2.05, 4.69) is 5.32 Å². The van der Waals surface area contributed by atoms with Crippen LogP contribution in [-0.2, 0) is 16.1 Å². The predicted octanol–water partition coefficient (Wildman–Crippen LogP) is 7.76. The molecule has 1 aliphatic heterocycles. The van der Waals surface area contributed by atoms with Crippen LogP contribution < -0.4 is 14.8 Å². The highest BCUT2D eigenvalue weighted by molar-refractivity contribution is 6.42. The molecule has 1 aliphatic carbocycles. The molecule has 40 heavy (non-hydrogen) atoms. The number of esters is 1. The normalized spacial score (nSPS) is 15.9. The standard InChI is InChI=1S/C31H26Cl3NO5/c1-4-38-24-14-18(13-23(34)30(24)40-15-17-10-11-21(32)22(33)12-17)26-25(31(37)39-5-2)16(3)35-28-19-8-6-7-9-20(19)29(36)27(26)28/h6-14,26,35H,4-5,15H2,1-3H3/t26-/m1/s1. The monoisotopic (exact) mass is 597 g/mol. The molecule has 2 aliphatic rings. The van der Waals surface area contributed by atoms with E-state index in [1.165, 1.54) is 0 Å². The molecule has 1 atom stereocenters. The number of rotatable bonds is 8. The van der Waals surface area contributed by atoms with Gasteiger partial charge in [-0.15, -0.1) is 0 Å². The molecule has 0 fully saturated rings. The number of allylic oxidation sites excluding steroid dienone is 2. The highest BCUT2D eigenvalue weighted by Gasteiger charge is 2.43. The Balaban J connectivity index is 1.61. The van der Waals surface area contributed by atoms with Gasteiger partial charge in [-0.1, -0.05) is 65.1 Å². The minimum absolute atomic E-state index is 0.161. The summed E-state index contributed by atoms with van der Waals surface area (Å²) in [5.41, 5.74) is 4.82. The van der Waals surface area contributed by atoms with Crippen LogP contribution in [0.1, 0.15) is 53.7 Å². The van der Waals surface area contributed by atoms with Crippen molar-refractivity contribution in [3.05, 3.63) is 109 Å². The third kappa shape index (κ3) is 5.07. The number of fused-ring (bicyclic) bond motifs is 2. The Morgan fingerprint density at radius 1 is 0.900 bits per heavy atom. The van der Waals surface area contributed by atoms with E-state index < -0.39 is 11.9 Å². The lowest BCUT2D eigenvalue weighted by Gasteiger charge is -2.30. The van der Waals surface area contributed by atoms with Crippen molar-refractivity contribution >= 4 is 52.3 Å². The zero-order valence-corrected chi connectivity index (χ0v) is 24.3. The van der Waals surface area contributed by atoms with E-state index in [1.807, 2.05) is 31.2 Å². The van der Waals surface area contributed by atoms with Crippen LogP contribution in [0.3, 0.4) is 0 Å². The molecule has 9 heteroatoms. The van der Waals surface area contributed by atoms with Crippen LogP contribution in [0.4, 0.5) is 0 Å². The summed E-state index contributed by atoms with van der Waals surface area (Å²) in [6, 6.07) is 16.1. The van der Waals surface area contributed by atoms with Crippen LogP contribution in [0.2, 0.25) is 15.1 Å². The molecular weight excluding hydrogens is 573 g/mol. The summed E-state index contributed by atoms with van der Waals surface area (Å²) in [6.45, 7) is 6.08. The number of carbonyl (C=O) groups is 2. The van der Waals surface area contributed by atoms with Crippen molar-refractivity contribution in [2.75, 3.05) is 13.2 Å². The van der Waals surface area contributed by atoms with E-state index in [0.29, 0.717) is 61.8 Å². The number of Topliss-reactive ketones (excluding diaryl/α,β-unsaturated/α-hetero) is 1. The highest BCUT2D eigenvalue weighted by Crippen LogP contribution is 2.49. The summed E-state index contributed by atoms with van der Waals surface area (Å²) in [4.78, 5) is 27.0. The van der Waals surface area contributed by atoms with Gasteiger partial charge < -0.3 is 19.5 Å². The van der Waals surface area contributed by atoms with Gasteiger partial charge >= 0.3 is 5.97 Å². The molecule has 0 radical (unpaired) electrons. The fraction of sp³-hybridized carbons (Fsp3) is 0.226. The molecule has 0 bridgehead atoms. The molecule has 5 rings (SSSR count). The number of benzene rings is 3. The van der Waals surface area contributed by atoms with Crippen molar-refractivity contribution in [3.63, 3.8) is 0 Å². The minimum Gasteiger partial charge on any atom is -0.490 e. The number of ketones is 1. The Morgan fingerprint density at radius 3 is 2.35 bits per heavy atom. The zero-order valence-electron chi connectivity index (χ0n) is 22.1. The average Bonchev–Trinajstić information content (AvgIpc) is 3.20. The number of dihydropyridines is 1. The average molecular weight is 599 g/mol. The lowest BCUT2D eigenvalue weighted by molar-refractivity contribution is -0.138. The Hall–Kier alpha value is -3.45. The number of hydrogen-bond donors (Lipinski definition) is 1.